The molecule has 1 saturated heterocycles. The zero-order valence-electron chi connectivity index (χ0n) is 16.4. The van der Waals surface area contributed by atoms with Crippen LogP contribution >= 0.6 is 11.6 Å². The van der Waals surface area contributed by atoms with Gasteiger partial charge in [-0.25, -0.2) is 19.9 Å². The number of likely N-dealkylation sites (tertiary alicyclic amines) is 1. The molecule has 0 saturated carbocycles. The molecule has 152 valence electrons. The monoisotopic (exact) mass is 421 g/mol. The van der Waals surface area contributed by atoms with Gasteiger partial charge in [-0.15, -0.1) is 0 Å². The number of anilines is 1. The van der Waals surface area contributed by atoms with E-state index in [1.165, 1.54) is 6.33 Å². The van der Waals surface area contributed by atoms with Gasteiger partial charge in [0, 0.05) is 18.5 Å². The predicted molar refractivity (Wildman–Crippen MR) is 116 cm³/mol. The number of benzene rings is 1. The molecule has 5 rings (SSSR count). The lowest BCUT2D eigenvalue weighted by Crippen LogP contribution is -2.29. The summed E-state index contributed by atoms with van der Waals surface area (Å²) in [7, 11) is 0. The van der Waals surface area contributed by atoms with Gasteiger partial charge in [0.1, 0.15) is 17.5 Å². The minimum absolute atomic E-state index is 0.0728. The Morgan fingerprint density at radius 1 is 1.23 bits per heavy atom. The molecule has 4 aromatic rings. The number of carbonyl (C=O) groups is 1. The number of nitrogens with one attached hydrogen (secondary N) is 2. The van der Waals surface area contributed by atoms with Gasteiger partial charge in [0.2, 0.25) is 0 Å². The number of H-pyrrole nitrogens is 1. The Labute approximate surface area is 177 Å². The Morgan fingerprint density at radius 3 is 2.90 bits per heavy atom. The number of fused-ring (bicyclic) bond motifs is 2. The Balaban J connectivity index is 1.57. The highest BCUT2D eigenvalue weighted by Gasteiger charge is 2.25. The summed E-state index contributed by atoms with van der Waals surface area (Å²) >= 11 is 6.47. The zero-order chi connectivity index (χ0) is 20.7. The highest BCUT2D eigenvalue weighted by atomic mass is 35.5. The summed E-state index contributed by atoms with van der Waals surface area (Å²) in [6.45, 7) is 3.48. The summed E-state index contributed by atoms with van der Waals surface area (Å²) in [4.78, 5) is 35.6. The van der Waals surface area contributed by atoms with Gasteiger partial charge < -0.3 is 15.2 Å². The maximum Gasteiger partial charge on any atom is 0.273 e. The third-order valence-electron chi connectivity index (χ3n) is 5.44. The summed E-state index contributed by atoms with van der Waals surface area (Å²) in [5.41, 5.74) is 2.44. The van der Waals surface area contributed by atoms with Crippen LogP contribution in [0.4, 0.5) is 5.82 Å². The molecule has 4 heterocycles. The van der Waals surface area contributed by atoms with Crippen molar-refractivity contribution in [3.63, 3.8) is 0 Å². The van der Waals surface area contributed by atoms with Gasteiger partial charge in [-0.05, 0) is 37.3 Å². The van der Waals surface area contributed by atoms with Crippen LogP contribution in [-0.2, 0) is 0 Å². The highest BCUT2D eigenvalue weighted by molar-refractivity contribution is 6.36. The maximum atomic E-state index is 13.2. The van der Waals surface area contributed by atoms with E-state index in [1.54, 1.807) is 12.4 Å². The zero-order valence-corrected chi connectivity index (χ0v) is 17.1. The average Bonchev–Trinajstić information content (AvgIpc) is 3.45. The molecule has 2 N–H and O–H groups in total. The Hall–Kier alpha value is -3.26. The topological polar surface area (TPSA) is 99.7 Å². The van der Waals surface area contributed by atoms with Crippen molar-refractivity contribution in [3.8, 4) is 0 Å². The lowest BCUT2D eigenvalue weighted by molar-refractivity contribution is 0.0789. The molecular formula is C21H20ClN7O. The van der Waals surface area contributed by atoms with Crippen LogP contribution in [0.15, 0.2) is 36.9 Å². The standard InChI is InChI=1S/C21H20ClN7O/c1-12(27-20-18-19(24-10-23-18)25-11-26-20)15-9-13-5-4-6-14(22)16(13)17(28-15)21(30)29-7-2-3-8-29/h4-6,9-12H,2-3,7-8H2,1H3,(H2,23,24,25,26,27)/t12-/m0/s1. The minimum atomic E-state index is -0.215. The number of carbonyl (C=O) groups excluding carboxylic acids is 1. The molecule has 30 heavy (non-hydrogen) atoms. The van der Waals surface area contributed by atoms with Crippen molar-refractivity contribution >= 4 is 45.3 Å². The molecule has 0 unspecified atom stereocenters. The van der Waals surface area contributed by atoms with E-state index in [4.69, 9.17) is 16.6 Å². The van der Waals surface area contributed by atoms with E-state index in [9.17, 15) is 4.79 Å². The van der Waals surface area contributed by atoms with E-state index in [-0.39, 0.29) is 11.9 Å². The number of nitrogens with zero attached hydrogens (tertiary/aromatic N) is 5. The normalized spacial score (nSPS) is 15.1. The van der Waals surface area contributed by atoms with Crippen LogP contribution in [0.3, 0.4) is 0 Å². The molecule has 0 aliphatic carbocycles. The van der Waals surface area contributed by atoms with Crippen LogP contribution < -0.4 is 5.32 Å². The van der Waals surface area contributed by atoms with E-state index < -0.39 is 0 Å². The van der Waals surface area contributed by atoms with Crippen molar-refractivity contribution in [2.75, 3.05) is 18.4 Å². The number of aromatic nitrogens is 5. The van der Waals surface area contributed by atoms with Crippen LogP contribution in [0.5, 0.6) is 0 Å². The molecule has 1 aliphatic heterocycles. The van der Waals surface area contributed by atoms with Gasteiger partial charge in [-0.3, -0.25) is 4.79 Å². The number of pyridine rings is 1. The first kappa shape index (κ1) is 18.7. The number of amides is 1. The first-order valence-corrected chi connectivity index (χ1v) is 10.3. The molecule has 1 aromatic carbocycles. The van der Waals surface area contributed by atoms with Crippen LogP contribution in [0.25, 0.3) is 21.9 Å². The summed E-state index contributed by atoms with van der Waals surface area (Å²) in [6, 6.07) is 7.38. The van der Waals surface area contributed by atoms with Gasteiger partial charge in [-0.2, -0.15) is 0 Å². The van der Waals surface area contributed by atoms with Crippen molar-refractivity contribution in [1.82, 2.24) is 29.8 Å². The number of halogens is 1. The second-order valence-corrected chi connectivity index (χ2v) is 7.83. The maximum absolute atomic E-state index is 13.2. The molecule has 1 aliphatic rings. The lowest BCUT2D eigenvalue weighted by Gasteiger charge is -2.20. The van der Waals surface area contributed by atoms with E-state index in [1.807, 2.05) is 30.0 Å². The van der Waals surface area contributed by atoms with Crippen LogP contribution in [-0.4, -0.2) is 48.8 Å². The van der Waals surface area contributed by atoms with E-state index in [0.717, 1.165) is 37.0 Å². The third-order valence-corrected chi connectivity index (χ3v) is 5.75. The smallest absolute Gasteiger partial charge is 0.273 e. The fourth-order valence-electron chi connectivity index (χ4n) is 3.88. The molecule has 1 atom stereocenters. The molecule has 8 nitrogen and oxygen atoms in total. The third kappa shape index (κ3) is 3.23. The SMILES string of the molecule is C[C@H](Nc1ncnc2[nH]cnc12)c1cc2cccc(Cl)c2c(C(=O)N2CCCC2)n1. The van der Waals surface area contributed by atoms with Crippen molar-refractivity contribution < 1.29 is 4.79 Å². The number of hydrogen-bond acceptors (Lipinski definition) is 6. The number of aromatic amines is 1. The summed E-state index contributed by atoms with van der Waals surface area (Å²) < 4.78 is 0. The van der Waals surface area contributed by atoms with Crippen LogP contribution in [0, 0.1) is 0 Å². The van der Waals surface area contributed by atoms with Gasteiger partial charge in [0.25, 0.3) is 5.91 Å². The Bertz CT molecular complexity index is 1250. The van der Waals surface area contributed by atoms with Crippen LogP contribution in [0.1, 0.15) is 42.0 Å². The quantitative estimate of drug-likeness (QED) is 0.517. The summed E-state index contributed by atoms with van der Waals surface area (Å²) in [5.74, 6) is 0.533. The molecule has 9 heteroatoms. The second kappa shape index (κ2) is 7.53. The predicted octanol–water partition coefficient (Wildman–Crippen LogP) is 3.96. The molecule has 0 radical (unpaired) electrons. The molecule has 1 amide bonds. The molecular weight excluding hydrogens is 402 g/mol. The number of rotatable bonds is 4. The first-order valence-electron chi connectivity index (χ1n) is 9.91. The second-order valence-electron chi connectivity index (χ2n) is 7.42. The Morgan fingerprint density at radius 2 is 2.07 bits per heavy atom. The summed E-state index contributed by atoms with van der Waals surface area (Å²) in [6.07, 6.45) is 5.09. The fourth-order valence-corrected chi connectivity index (χ4v) is 4.15. The first-order chi connectivity index (χ1) is 14.6. The van der Waals surface area contributed by atoms with Gasteiger partial charge >= 0.3 is 0 Å². The molecule has 3 aromatic heterocycles. The average molecular weight is 422 g/mol. The number of hydrogen-bond donors (Lipinski definition) is 2. The lowest BCUT2D eigenvalue weighted by atomic mass is 10.0. The fraction of sp³-hybridized carbons (Fsp3) is 0.286. The van der Waals surface area contributed by atoms with Crippen molar-refractivity contribution in [1.29, 1.82) is 0 Å². The number of imidazole rings is 1. The summed E-state index contributed by atoms with van der Waals surface area (Å²) in [5, 5.41) is 5.46. The van der Waals surface area contributed by atoms with E-state index >= 15 is 0 Å². The highest BCUT2D eigenvalue weighted by Crippen LogP contribution is 2.31. The molecule has 1 fully saturated rings. The van der Waals surface area contributed by atoms with Crippen molar-refractivity contribution in [3.05, 3.63) is 53.3 Å². The van der Waals surface area contributed by atoms with E-state index in [2.05, 4.69) is 25.3 Å². The van der Waals surface area contributed by atoms with Crippen LogP contribution in [0.2, 0.25) is 5.02 Å². The largest absolute Gasteiger partial charge is 0.360 e. The molecule has 0 bridgehead atoms. The van der Waals surface area contributed by atoms with Gasteiger partial charge in [0.05, 0.1) is 23.1 Å². The Kier molecular flexibility index (Phi) is 4.71. The van der Waals surface area contributed by atoms with Crippen molar-refractivity contribution in [2.45, 2.75) is 25.8 Å². The van der Waals surface area contributed by atoms with Crippen molar-refractivity contribution in [2.24, 2.45) is 0 Å². The van der Waals surface area contributed by atoms with Gasteiger partial charge in [0.15, 0.2) is 11.5 Å². The van der Waals surface area contributed by atoms with Gasteiger partial charge in [-0.1, -0.05) is 23.7 Å². The van der Waals surface area contributed by atoms with E-state index in [0.29, 0.717) is 33.1 Å². The molecule has 0 spiro atoms. The minimum Gasteiger partial charge on any atom is -0.360 e.